The van der Waals surface area contributed by atoms with E-state index in [9.17, 15) is 4.79 Å². The van der Waals surface area contributed by atoms with Gasteiger partial charge in [0.15, 0.2) is 0 Å². The van der Waals surface area contributed by atoms with Crippen LogP contribution in [0.3, 0.4) is 0 Å². The first kappa shape index (κ1) is 14.8. The summed E-state index contributed by atoms with van der Waals surface area (Å²) in [6.45, 7) is 6.44. The number of anilines is 1. The third-order valence-electron chi connectivity index (χ3n) is 4.17. The van der Waals surface area contributed by atoms with Gasteiger partial charge in [0.1, 0.15) is 0 Å². The highest BCUT2D eigenvalue weighted by Crippen LogP contribution is 2.29. The molecule has 0 bridgehead atoms. The Morgan fingerprint density at radius 2 is 1.86 bits per heavy atom. The fraction of sp³-hybridized carbons (Fsp3) is 0.444. The second-order valence-corrected chi connectivity index (χ2v) is 6.45. The van der Waals surface area contributed by atoms with Gasteiger partial charge in [0.25, 0.3) is 5.56 Å². The molecular formula is C18H23N3O. The number of nitrogens with one attached hydrogen (secondary N) is 1. The Morgan fingerprint density at radius 1 is 1.18 bits per heavy atom. The number of aromatic amines is 1. The van der Waals surface area contributed by atoms with Crippen molar-refractivity contribution in [1.82, 2.24) is 10.2 Å². The Hall–Kier alpha value is -2.10. The molecule has 0 spiro atoms. The van der Waals surface area contributed by atoms with Crippen LogP contribution in [-0.4, -0.2) is 23.3 Å². The van der Waals surface area contributed by atoms with Crippen LogP contribution < -0.4 is 10.5 Å². The minimum atomic E-state index is -0.110. The molecule has 1 aliphatic rings. The molecule has 22 heavy (non-hydrogen) atoms. The Labute approximate surface area is 131 Å². The molecule has 0 amide bonds. The predicted molar refractivity (Wildman–Crippen MR) is 90.3 cm³/mol. The van der Waals surface area contributed by atoms with Crippen molar-refractivity contribution < 1.29 is 0 Å². The molecule has 0 unspecified atom stereocenters. The largest absolute Gasteiger partial charge is 0.370 e. The molecule has 0 atom stereocenters. The molecule has 2 aromatic rings. The van der Waals surface area contributed by atoms with Crippen molar-refractivity contribution in [3.8, 4) is 11.1 Å². The van der Waals surface area contributed by atoms with Crippen molar-refractivity contribution in [1.29, 1.82) is 0 Å². The summed E-state index contributed by atoms with van der Waals surface area (Å²) in [5, 5.41) is 6.57. The number of rotatable bonds is 4. The SMILES string of the molecule is CC(C)Cc1ccc(-c2c(N3CCCC3)cn[nH]c2=O)cc1. The maximum atomic E-state index is 12.3. The number of benzene rings is 1. The van der Waals surface area contributed by atoms with Crippen LogP contribution >= 0.6 is 0 Å². The van der Waals surface area contributed by atoms with Gasteiger partial charge in [0, 0.05) is 13.1 Å². The van der Waals surface area contributed by atoms with Crippen molar-refractivity contribution in [2.45, 2.75) is 33.1 Å². The summed E-state index contributed by atoms with van der Waals surface area (Å²) in [7, 11) is 0. The second-order valence-electron chi connectivity index (χ2n) is 6.45. The second kappa shape index (κ2) is 6.34. The van der Waals surface area contributed by atoms with E-state index >= 15 is 0 Å². The van der Waals surface area contributed by atoms with Gasteiger partial charge in [-0.3, -0.25) is 4.79 Å². The molecule has 0 radical (unpaired) electrons. The van der Waals surface area contributed by atoms with Crippen LogP contribution in [0.5, 0.6) is 0 Å². The number of hydrogen-bond donors (Lipinski definition) is 1. The van der Waals surface area contributed by atoms with Crippen molar-refractivity contribution >= 4 is 5.69 Å². The van der Waals surface area contributed by atoms with Gasteiger partial charge in [-0.05, 0) is 36.3 Å². The molecule has 1 aromatic carbocycles. The molecule has 4 heteroatoms. The first-order valence-electron chi connectivity index (χ1n) is 8.07. The van der Waals surface area contributed by atoms with Gasteiger partial charge < -0.3 is 4.90 Å². The molecule has 1 N–H and O–H groups in total. The average molecular weight is 297 g/mol. The summed E-state index contributed by atoms with van der Waals surface area (Å²) in [5.74, 6) is 0.635. The van der Waals surface area contributed by atoms with Crippen LogP contribution in [0.1, 0.15) is 32.3 Å². The van der Waals surface area contributed by atoms with Gasteiger partial charge in [0.2, 0.25) is 0 Å². The lowest BCUT2D eigenvalue weighted by molar-refractivity contribution is 0.647. The lowest BCUT2D eigenvalue weighted by Gasteiger charge is -2.20. The van der Waals surface area contributed by atoms with Gasteiger partial charge >= 0.3 is 0 Å². The zero-order chi connectivity index (χ0) is 15.5. The molecule has 2 heterocycles. The fourth-order valence-electron chi connectivity index (χ4n) is 3.14. The van der Waals surface area contributed by atoms with Crippen molar-refractivity contribution in [3.63, 3.8) is 0 Å². The summed E-state index contributed by atoms with van der Waals surface area (Å²) < 4.78 is 0. The summed E-state index contributed by atoms with van der Waals surface area (Å²) in [4.78, 5) is 14.6. The standard InChI is InChI=1S/C18H23N3O/c1-13(2)11-14-5-7-15(8-6-14)17-16(12-19-20-18(17)22)21-9-3-4-10-21/h5-8,12-13H,3-4,9-11H2,1-2H3,(H,20,22). The predicted octanol–water partition coefficient (Wildman–Crippen LogP) is 3.24. The molecule has 4 nitrogen and oxygen atoms in total. The van der Waals surface area contributed by atoms with Crippen molar-refractivity contribution in [2.75, 3.05) is 18.0 Å². The van der Waals surface area contributed by atoms with Crippen LogP contribution in [-0.2, 0) is 6.42 Å². The van der Waals surface area contributed by atoms with Gasteiger partial charge in [-0.1, -0.05) is 38.1 Å². The topological polar surface area (TPSA) is 49.0 Å². The number of aromatic nitrogens is 2. The maximum absolute atomic E-state index is 12.3. The monoisotopic (exact) mass is 297 g/mol. The van der Waals surface area contributed by atoms with Gasteiger partial charge in [-0.2, -0.15) is 5.10 Å². The molecule has 3 rings (SSSR count). The van der Waals surface area contributed by atoms with E-state index in [1.807, 2.05) is 0 Å². The molecule has 0 aliphatic carbocycles. The van der Waals surface area contributed by atoms with E-state index in [1.165, 1.54) is 18.4 Å². The molecule has 0 saturated carbocycles. The van der Waals surface area contributed by atoms with Gasteiger partial charge in [-0.15, -0.1) is 0 Å². The zero-order valence-corrected chi connectivity index (χ0v) is 13.3. The summed E-state index contributed by atoms with van der Waals surface area (Å²) in [6.07, 6.45) is 5.20. The minimum absolute atomic E-state index is 0.110. The number of H-pyrrole nitrogens is 1. The Morgan fingerprint density at radius 3 is 2.50 bits per heavy atom. The quantitative estimate of drug-likeness (QED) is 0.942. The van der Waals surface area contributed by atoms with E-state index in [-0.39, 0.29) is 5.56 Å². The smallest absolute Gasteiger partial charge is 0.274 e. The van der Waals surface area contributed by atoms with Crippen molar-refractivity contribution in [3.05, 3.63) is 46.4 Å². The Balaban J connectivity index is 1.98. The van der Waals surface area contributed by atoms with Crippen LogP contribution in [0.2, 0.25) is 0 Å². The first-order chi connectivity index (χ1) is 10.6. The Kier molecular flexibility index (Phi) is 4.27. The fourth-order valence-corrected chi connectivity index (χ4v) is 3.14. The molecule has 1 aromatic heterocycles. The highest BCUT2D eigenvalue weighted by Gasteiger charge is 2.19. The molecule has 1 fully saturated rings. The van der Waals surface area contributed by atoms with E-state index in [4.69, 9.17) is 0 Å². The average Bonchev–Trinajstić information content (AvgIpc) is 3.01. The third kappa shape index (κ3) is 3.06. The van der Waals surface area contributed by atoms with E-state index in [0.717, 1.165) is 36.3 Å². The van der Waals surface area contributed by atoms with E-state index in [1.54, 1.807) is 6.20 Å². The number of nitrogens with zero attached hydrogens (tertiary/aromatic N) is 2. The highest BCUT2D eigenvalue weighted by atomic mass is 16.1. The van der Waals surface area contributed by atoms with Gasteiger partial charge in [0.05, 0.1) is 17.4 Å². The Bertz CT molecular complexity index is 682. The molecular weight excluding hydrogens is 274 g/mol. The van der Waals surface area contributed by atoms with Crippen LogP contribution in [0.4, 0.5) is 5.69 Å². The number of hydrogen-bond acceptors (Lipinski definition) is 3. The first-order valence-corrected chi connectivity index (χ1v) is 8.07. The highest BCUT2D eigenvalue weighted by molar-refractivity contribution is 5.77. The molecule has 1 aliphatic heterocycles. The lowest BCUT2D eigenvalue weighted by Crippen LogP contribution is -2.23. The lowest BCUT2D eigenvalue weighted by atomic mass is 9.99. The minimum Gasteiger partial charge on any atom is -0.370 e. The zero-order valence-electron chi connectivity index (χ0n) is 13.3. The van der Waals surface area contributed by atoms with Crippen LogP contribution in [0.25, 0.3) is 11.1 Å². The van der Waals surface area contributed by atoms with Crippen LogP contribution in [0.15, 0.2) is 35.3 Å². The van der Waals surface area contributed by atoms with Crippen molar-refractivity contribution in [2.24, 2.45) is 5.92 Å². The third-order valence-corrected chi connectivity index (χ3v) is 4.17. The summed E-state index contributed by atoms with van der Waals surface area (Å²) in [5.41, 5.74) is 3.87. The van der Waals surface area contributed by atoms with Gasteiger partial charge in [-0.25, -0.2) is 5.10 Å². The van der Waals surface area contributed by atoms with E-state index < -0.39 is 0 Å². The maximum Gasteiger partial charge on any atom is 0.274 e. The van der Waals surface area contributed by atoms with Crippen LogP contribution in [0, 0.1) is 5.92 Å². The van der Waals surface area contributed by atoms with E-state index in [2.05, 4.69) is 53.2 Å². The molecule has 1 saturated heterocycles. The normalized spacial score (nSPS) is 14.8. The summed E-state index contributed by atoms with van der Waals surface area (Å²) >= 11 is 0. The molecule has 116 valence electrons. The van der Waals surface area contributed by atoms with E-state index in [0.29, 0.717) is 5.92 Å². The summed E-state index contributed by atoms with van der Waals surface area (Å²) in [6, 6.07) is 8.37.